The van der Waals surface area contributed by atoms with Gasteiger partial charge < -0.3 is 5.73 Å². The standard InChI is InChI=1S/C18H30O3S.C6H13N.Ca.2H/c1-2-3-4-5-6-7-8-9-10-14-17-21-22(19,20)18-15-12-11-13-16-18;7-6-4-2-1-3-5-6;;;/h11-13,15-16H,2-10,14,17H2,1H3;6H,1-5,7H2;;;. The van der Waals surface area contributed by atoms with Crippen molar-refractivity contribution in [2.24, 2.45) is 5.73 Å². The molecule has 0 atom stereocenters. The number of hydrogen-bond donors (Lipinski definition) is 1. The first-order valence-electron chi connectivity index (χ1n) is 11.8. The topological polar surface area (TPSA) is 69.4 Å². The molecule has 1 saturated carbocycles. The van der Waals surface area contributed by atoms with Gasteiger partial charge >= 0.3 is 37.7 Å². The van der Waals surface area contributed by atoms with Crippen molar-refractivity contribution in [2.75, 3.05) is 6.61 Å². The molecule has 1 aromatic carbocycles. The second kappa shape index (κ2) is 20.0. The number of rotatable bonds is 13. The first-order chi connectivity index (χ1) is 14.1. The second-order valence-corrected chi connectivity index (χ2v) is 9.78. The Kier molecular flexibility index (Phi) is 20.2. The van der Waals surface area contributed by atoms with Crippen molar-refractivity contribution in [2.45, 2.75) is 114 Å². The Morgan fingerprint density at radius 3 is 1.80 bits per heavy atom. The Morgan fingerprint density at radius 2 is 1.33 bits per heavy atom. The summed E-state index contributed by atoms with van der Waals surface area (Å²) >= 11 is 0. The van der Waals surface area contributed by atoms with Crippen LogP contribution < -0.4 is 5.73 Å². The van der Waals surface area contributed by atoms with E-state index in [2.05, 4.69) is 6.92 Å². The summed E-state index contributed by atoms with van der Waals surface area (Å²) in [6.45, 7) is 2.52. The van der Waals surface area contributed by atoms with Gasteiger partial charge in [0.1, 0.15) is 0 Å². The molecule has 0 heterocycles. The molecule has 1 aliphatic rings. The summed E-state index contributed by atoms with van der Waals surface area (Å²) < 4.78 is 28.8. The Hall–Kier alpha value is 0.350. The minimum absolute atomic E-state index is 0. The Labute approximate surface area is 215 Å². The summed E-state index contributed by atoms with van der Waals surface area (Å²) in [5, 5.41) is 0. The van der Waals surface area contributed by atoms with Crippen LogP contribution in [0.15, 0.2) is 35.2 Å². The van der Waals surface area contributed by atoms with Gasteiger partial charge in [0, 0.05) is 6.04 Å². The van der Waals surface area contributed by atoms with E-state index in [1.165, 1.54) is 83.5 Å². The zero-order valence-electron chi connectivity index (χ0n) is 18.5. The van der Waals surface area contributed by atoms with Gasteiger partial charge in [0.05, 0.1) is 11.5 Å². The number of benzene rings is 1. The molecule has 0 saturated heterocycles. The van der Waals surface area contributed by atoms with E-state index < -0.39 is 10.1 Å². The summed E-state index contributed by atoms with van der Waals surface area (Å²) in [5.74, 6) is 0. The molecule has 1 aromatic rings. The van der Waals surface area contributed by atoms with Gasteiger partial charge in [0.25, 0.3) is 10.1 Å². The van der Waals surface area contributed by atoms with Gasteiger partial charge in [-0.3, -0.25) is 4.18 Å². The fraction of sp³-hybridized carbons (Fsp3) is 0.750. The van der Waals surface area contributed by atoms with Gasteiger partial charge in [-0.05, 0) is 31.4 Å². The molecule has 1 aliphatic carbocycles. The fourth-order valence-corrected chi connectivity index (χ4v) is 4.51. The van der Waals surface area contributed by atoms with E-state index in [9.17, 15) is 8.42 Å². The quantitative estimate of drug-likeness (QED) is 0.230. The van der Waals surface area contributed by atoms with Crippen LogP contribution in [0.3, 0.4) is 0 Å². The van der Waals surface area contributed by atoms with Crippen molar-refractivity contribution in [3.8, 4) is 0 Å². The molecule has 2 rings (SSSR count). The van der Waals surface area contributed by atoms with Crippen LogP contribution in [0.2, 0.25) is 0 Å². The molecule has 0 radical (unpaired) electrons. The monoisotopic (exact) mass is 467 g/mol. The fourth-order valence-electron chi connectivity index (χ4n) is 3.55. The zero-order valence-corrected chi connectivity index (χ0v) is 19.3. The van der Waals surface area contributed by atoms with Gasteiger partial charge in [0.2, 0.25) is 0 Å². The van der Waals surface area contributed by atoms with Crippen molar-refractivity contribution in [1.29, 1.82) is 0 Å². The Bertz CT molecular complexity index is 590. The second-order valence-electron chi connectivity index (χ2n) is 8.17. The molecule has 0 aliphatic heterocycles. The Morgan fingerprint density at radius 1 is 0.833 bits per heavy atom. The summed E-state index contributed by atoms with van der Waals surface area (Å²) in [6.07, 6.45) is 18.9. The number of nitrogens with two attached hydrogens (primary N) is 1. The summed E-state index contributed by atoms with van der Waals surface area (Å²) in [5.41, 5.74) is 5.63. The van der Waals surface area contributed by atoms with Crippen molar-refractivity contribution < 1.29 is 12.6 Å². The van der Waals surface area contributed by atoms with E-state index in [0.29, 0.717) is 6.04 Å². The van der Waals surface area contributed by atoms with Gasteiger partial charge in [0.15, 0.2) is 0 Å². The third kappa shape index (κ3) is 16.0. The summed E-state index contributed by atoms with van der Waals surface area (Å²) in [7, 11) is -3.57. The van der Waals surface area contributed by atoms with Crippen LogP contribution in [0, 0.1) is 0 Å². The van der Waals surface area contributed by atoms with Crippen LogP contribution in [-0.4, -0.2) is 58.8 Å². The molecule has 0 aromatic heterocycles. The SMILES string of the molecule is CCCCCCCCCCCCOS(=O)(=O)c1ccccc1.NC1CCCCC1.[CaH2]. The van der Waals surface area contributed by atoms with Crippen LogP contribution in [0.4, 0.5) is 0 Å². The van der Waals surface area contributed by atoms with Gasteiger partial charge in [-0.25, -0.2) is 0 Å². The molecule has 0 amide bonds. The van der Waals surface area contributed by atoms with Crippen molar-refractivity contribution in [3.63, 3.8) is 0 Å². The Balaban J connectivity index is 0.000000886. The molecule has 4 nitrogen and oxygen atoms in total. The predicted molar refractivity (Wildman–Crippen MR) is 131 cm³/mol. The van der Waals surface area contributed by atoms with Crippen LogP contribution in [0.1, 0.15) is 103 Å². The molecule has 172 valence electrons. The van der Waals surface area contributed by atoms with Crippen LogP contribution in [-0.2, 0) is 14.3 Å². The summed E-state index contributed by atoms with van der Waals surface area (Å²) in [4.78, 5) is 0.238. The third-order valence-electron chi connectivity index (χ3n) is 5.42. The van der Waals surface area contributed by atoms with Crippen molar-refractivity contribution in [3.05, 3.63) is 30.3 Å². The minimum atomic E-state index is -3.57. The number of hydrogen-bond acceptors (Lipinski definition) is 4. The molecular formula is C24H45CaNO3S. The molecule has 30 heavy (non-hydrogen) atoms. The molecule has 2 N–H and O–H groups in total. The van der Waals surface area contributed by atoms with Crippen molar-refractivity contribution in [1.82, 2.24) is 0 Å². The maximum absolute atomic E-state index is 11.9. The van der Waals surface area contributed by atoms with E-state index in [-0.39, 0.29) is 49.2 Å². The van der Waals surface area contributed by atoms with E-state index in [4.69, 9.17) is 9.92 Å². The van der Waals surface area contributed by atoms with E-state index in [1.807, 2.05) is 0 Å². The first kappa shape index (κ1) is 30.3. The number of unbranched alkanes of at least 4 members (excludes halogenated alkanes) is 9. The first-order valence-corrected chi connectivity index (χ1v) is 13.2. The predicted octanol–water partition coefficient (Wildman–Crippen LogP) is 5.67. The summed E-state index contributed by atoms with van der Waals surface area (Å²) in [6, 6.07) is 8.87. The molecule has 6 heteroatoms. The van der Waals surface area contributed by atoms with Crippen LogP contribution in [0.5, 0.6) is 0 Å². The van der Waals surface area contributed by atoms with Crippen molar-refractivity contribution >= 4 is 47.9 Å². The van der Waals surface area contributed by atoms with Crippen LogP contribution in [0.25, 0.3) is 0 Å². The zero-order chi connectivity index (χ0) is 21.2. The average molecular weight is 468 g/mol. The maximum atomic E-state index is 11.9. The normalized spacial score (nSPS) is 14.5. The molecule has 1 fully saturated rings. The van der Waals surface area contributed by atoms with E-state index in [1.54, 1.807) is 30.3 Å². The van der Waals surface area contributed by atoms with E-state index in [0.717, 1.165) is 12.8 Å². The van der Waals surface area contributed by atoms with Gasteiger partial charge in [-0.15, -0.1) is 0 Å². The van der Waals surface area contributed by atoms with E-state index >= 15 is 0 Å². The van der Waals surface area contributed by atoms with Gasteiger partial charge in [-0.2, -0.15) is 8.42 Å². The molecule has 0 bridgehead atoms. The average Bonchev–Trinajstić information content (AvgIpc) is 2.74. The van der Waals surface area contributed by atoms with Gasteiger partial charge in [-0.1, -0.05) is 102 Å². The third-order valence-corrected chi connectivity index (χ3v) is 6.74. The van der Waals surface area contributed by atoms with Crippen LogP contribution >= 0.6 is 0 Å². The molecule has 0 spiro atoms. The molecular weight excluding hydrogens is 422 g/mol. The molecule has 0 unspecified atom stereocenters.